The molecule has 8 aromatic carbocycles. The van der Waals surface area contributed by atoms with Crippen molar-refractivity contribution in [3.8, 4) is 39.4 Å². The lowest BCUT2D eigenvalue weighted by atomic mass is 9.98. The van der Waals surface area contributed by atoms with Crippen molar-refractivity contribution >= 4 is 60.8 Å². The van der Waals surface area contributed by atoms with Crippen molar-refractivity contribution in [2.75, 3.05) is 4.90 Å². The fraction of sp³-hybridized carbons (Fsp3) is 0. The van der Waals surface area contributed by atoms with Gasteiger partial charge < -0.3 is 18.6 Å². The topological polar surface area (TPSA) is 30.5 Å². The van der Waals surface area contributed by atoms with E-state index < -0.39 is 0 Å². The lowest BCUT2D eigenvalue weighted by Crippen LogP contribution is -2.10. The Morgan fingerprint density at radius 2 is 1.08 bits per heavy atom. The molecule has 1 aliphatic heterocycles. The average Bonchev–Trinajstić information content (AvgIpc) is 3.77. The summed E-state index contributed by atoms with van der Waals surface area (Å²) < 4.78 is 15.2. The number of fused-ring (bicyclic) bond motifs is 8. The summed E-state index contributed by atoms with van der Waals surface area (Å²) >= 11 is 0. The van der Waals surface area contributed by atoms with Crippen LogP contribution in [0.1, 0.15) is 0 Å². The van der Waals surface area contributed by atoms with Gasteiger partial charge in [0, 0.05) is 27.5 Å². The quantitative estimate of drug-likeness (QED) is 0.183. The van der Waals surface area contributed by atoms with Gasteiger partial charge in [-0.15, -0.1) is 0 Å². The lowest BCUT2D eigenvalue weighted by molar-refractivity contribution is 0.476. The molecule has 10 aromatic rings. The number of para-hydroxylation sites is 4. The number of benzene rings is 8. The summed E-state index contributed by atoms with van der Waals surface area (Å²) in [5, 5.41) is 4.59. The van der Waals surface area contributed by atoms with Crippen LogP contribution in [0.5, 0.6) is 11.5 Å². The minimum Gasteiger partial charge on any atom is -0.456 e. The van der Waals surface area contributed by atoms with Crippen molar-refractivity contribution in [1.29, 1.82) is 0 Å². The molecule has 1 aliphatic rings. The highest BCUT2D eigenvalue weighted by atomic mass is 16.5. The van der Waals surface area contributed by atoms with Crippen LogP contribution in [0, 0.1) is 0 Å². The molecule has 0 radical (unpaired) electrons. The Morgan fingerprint density at radius 3 is 1.90 bits per heavy atom. The molecule has 0 saturated heterocycles. The van der Waals surface area contributed by atoms with Gasteiger partial charge in [0.15, 0.2) is 11.5 Å². The predicted octanol–water partition coefficient (Wildman–Crippen LogP) is 13.6. The first-order valence-electron chi connectivity index (χ1n) is 17.6. The van der Waals surface area contributed by atoms with Gasteiger partial charge in [0.2, 0.25) is 0 Å². The molecule has 0 spiro atoms. The van der Waals surface area contributed by atoms with Gasteiger partial charge in [-0.25, -0.2) is 0 Å². The number of furan rings is 1. The van der Waals surface area contributed by atoms with Crippen molar-refractivity contribution in [3.63, 3.8) is 0 Å². The first-order chi connectivity index (χ1) is 25.8. The van der Waals surface area contributed by atoms with Crippen LogP contribution < -0.4 is 9.64 Å². The van der Waals surface area contributed by atoms with Gasteiger partial charge >= 0.3 is 0 Å². The third-order valence-electron chi connectivity index (χ3n) is 10.4. The van der Waals surface area contributed by atoms with Crippen molar-refractivity contribution in [1.82, 2.24) is 4.57 Å². The Balaban J connectivity index is 1.09. The Bertz CT molecular complexity index is 2970. The van der Waals surface area contributed by atoms with E-state index in [9.17, 15) is 0 Å². The first kappa shape index (κ1) is 28.8. The van der Waals surface area contributed by atoms with E-state index >= 15 is 0 Å². The van der Waals surface area contributed by atoms with E-state index in [1.807, 2.05) is 24.3 Å². The Labute approximate surface area is 300 Å². The fourth-order valence-corrected chi connectivity index (χ4v) is 8.08. The summed E-state index contributed by atoms with van der Waals surface area (Å²) in [6.07, 6.45) is 0. The van der Waals surface area contributed by atoms with Gasteiger partial charge in [-0.05, 0) is 95.1 Å². The third kappa shape index (κ3) is 4.28. The molecule has 0 amide bonds. The molecule has 2 aromatic heterocycles. The molecular formula is C48H30N2O2. The number of rotatable bonds is 5. The zero-order valence-corrected chi connectivity index (χ0v) is 28.0. The molecular weight excluding hydrogens is 637 g/mol. The summed E-state index contributed by atoms with van der Waals surface area (Å²) in [6.45, 7) is 0. The van der Waals surface area contributed by atoms with E-state index in [4.69, 9.17) is 9.15 Å². The summed E-state index contributed by atoms with van der Waals surface area (Å²) in [4.78, 5) is 2.34. The van der Waals surface area contributed by atoms with E-state index in [0.29, 0.717) is 0 Å². The molecule has 4 nitrogen and oxygen atoms in total. The van der Waals surface area contributed by atoms with Crippen LogP contribution in [0.25, 0.3) is 71.7 Å². The monoisotopic (exact) mass is 666 g/mol. The second kappa shape index (κ2) is 11.2. The van der Waals surface area contributed by atoms with Gasteiger partial charge in [-0.2, -0.15) is 0 Å². The zero-order valence-electron chi connectivity index (χ0n) is 28.0. The van der Waals surface area contributed by atoms with Crippen LogP contribution in [0.3, 0.4) is 0 Å². The summed E-state index contributed by atoms with van der Waals surface area (Å²) in [5.74, 6) is 1.74. The number of hydrogen-bond donors (Lipinski definition) is 0. The van der Waals surface area contributed by atoms with Crippen LogP contribution in [-0.4, -0.2) is 4.57 Å². The van der Waals surface area contributed by atoms with Gasteiger partial charge in [0.05, 0.1) is 27.8 Å². The van der Waals surface area contributed by atoms with E-state index in [1.54, 1.807) is 0 Å². The highest BCUT2D eigenvalue weighted by Crippen LogP contribution is 2.49. The molecule has 0 unspecified atom stereocenters. The summed E-state index contributed by atoms with van der Waals surface area (Å²) in [5.41, 5.74) is 13.0. The molecule has 244 valence electrons. The number of anilines is 3. The molecule has 0 N–H and O–H groups in total. The molecule has 0 saturated carbocycles. The predicted molar refractivity (Wildman–Crippen MR) is 214 cm³/mol. The van der Waals surface area contributed by atoms with Crippen LogP contribution in [0.2, 0.25) is 0 Å². The van der Waals surface area contributed by atoms with Crippen LogP contribution in [0.15, 0.2) is 186 Å². The Morgan fingerprint density at radius 1 is 0.423 bits per heavy atom. The average molecular weight is 667 g/mol. The summed E-state index contributed by atoms with van der Waals surface area (Å²) in [7, 11) is 0. The van der Waals surface area contributed by atoms with Gasteiger partial charge in [-0.3, -0.25) is 0 Å². The SMILES string of the molecule is c1ccc(-c2ccc(N(c3ccc(-c4ccc5c6c4c4ccccc4n6-c4ccccc4O5)cc3)c3cccc4oc5ccccc5c34)cc2)cc1. The standard InChI is InChI=1S/C48H30N2O2/c1-2-11-31(12-3-1)32-21-25-34(26-22-32)49(41-17-10-20-44-47(41)38-14-5-8-18-42(38)51-44)35-27-23-33(24-28-35)36-29-30-45-48-46(36)37-13-4-6-15-39(37)50(48)40-16-7-9-19-43(40)52-45/h1-30H. The van der Waals surface area contributed by atoms with Crippen LogP contribution >= 0.6 is 0 Å². The number of ether oxygens (including phenoxy) is 1. The second-order valence-electron chi connectivity index (χ2n) is 13.3. The smallest absolute Gasteiger partial charge is 0.152 e. The van der Waals surface area contributed by atoms with Gasteiger partial charge in [0.25, 0.3) is 0 Å². The maximum Gasteiger partial charge on any atom is 0.152 e. The number of aromatic nitrogens is 1. The van der Waals surface area contributed by atoms with Gasteiger partial charge in [0.1, 0.15) is 11.2 Å². The Hall–Kier alpha value is -7.04. The minimum atomic E-state index is 0.866. The van der Waals surface area contributed by atoms with E-state index in [0.717, 1.165) is 67.3 Å². The lowest BCUT2D eigenvalue weighted by Gasteiger charge is -2.27. The highest BCUT2D eigenvalue weighted by Gasteiger charge is 2.26. The highest BCUT2D eigenvalue weighted by molar-refractivity contribution is 6.18. The molecule has 4 heteroatoms. The van der Waals surface area contributed by atoms with Crippen LogP contribution in [0.4, 0.5) is 17.1 Å². The van der Waals surface area contributed by atoms with Crippen molar-refractivity contribution in [2.45, 2.75) is 0 Å². The molecule has 0 bridgehead atoms. The van der Waals surface area contributed by atoms with E-state index in [2.05, 4.69) is 167 Å². The largest absolute Gasteiger partial charge is 0.456 e. The van der Waals surface area contributed by atoms with E-state index in [1.165, 1.54) is 33.0 Å². The number of hydrogen-bond acceptors (Lipinski definition) is 3. The Kier molecular flexibility index (Phi) is 6.22. The molecule has 52 heavy (non-hydrogen) atoms. The molecule has 3 heterocycles. The molecule has 11 rings (SSSR count). The third-order valence-corrected chi connectivity index (χ3v) is 10.4. The van der Waals surface area contributed by atoms with Crippen molar-refractivity contribution in [2.24, 2.45) is 0 Å². The van der Waals surface area contributed by atoms with E-state index in [-0.39, 0.29) is 0 Å². The first-order valence-corrected chi connectivity index (χ1v) is 17.6. The number of nitrogens with zero attached hydrogens (tertiary/aromatic N) is 2. The maximum absolute atomic E-state index is 6.48. The van der Waals surface area contributed by atoms with Crippen LogP contribution in [-0.2, 0) is 0 Å². The zero-order chi connectivity index (χ0) is 34.2. The van der Waals surface area contributed by atoms with Crippen molar-refractivity contribution < 1.29 is 9.15 Å². The van der Waals surface area contributed by atoms with Crippen molar-refractivity contribution in [3.05, 3.63) is 182 Å². The maximum atomic E-state index is 6.48. The minimum absolute atomic E-state index is 0.866. The second-order valence-corrected chi connectivity index (χ2v) is 13.3. The van der Waals surface area contributed by atoms with Gasteiger partial charge in [-0.1, -0.05) is 109 Å². The molecule has 0 atom stereocenters. The molecule has 0 fully saturated rings. The normalized spacial score (nSPS) is 12.0. The molecule has 0 aliphatic carbocycles. The fourth-order valence-electron chi connectivity index (χ4n) is 8.08. The summed E-state index contributed by atoms with van der Waals surface area (Å²) in [6, 6.07) is 64.2.